The van der Waals surface area contributed by atoms with Crippen molar-refractivity contribution in [2.75, 3.05) is 23.7 Å². The molecule has 2 heterocycles. The number of ketones is 1. The molecule has 3 rings (SSSR count). The molecule has 7 heteroatoms. The molecule has 0 unspecified atom stereocenters. The van der Waals surface area contributed by atoms with Crippen LogP contribution in [0, 0.1) is 13.8 Å². The van der Waals surface area contributed by atoms with Crippen molar-refractivity contribution in [1.29, 1.82) is 0 Å². The van der Waals surface area contributed by atoms with Gasteiger partial charge in [0.05, 0.1) is 5.75 Å². The van der Waals surface area contributed by atoms with E-state index in [0.717, 1.165) is 53.1 Å². The molecule has 29 heavy (non-hydrogen) atoms. The van der Waals surface area contributed by atoms with E-state index in [4.69, 9.17) is 0 Å². The lowest BCUT2D eigenvalue weighted by molar-refractivity contribution is 0.102. The number of aromatic amines is 1. The highest BCUT2D eigenvalue weighted by atomic mass is 32.2. The predicted molar refractivity (Wildman–Crippen MR) is 120 cm³/mol. The van der Waals surface area contributed by atoms with E-state index >= 15 is 0 Å². The minimum Gasteiger partial charge on any atom is -0.372 e. The molecule has 0 radical (unpaired) electrons. The van der Waals surface area contributed by atoms with Gasteiger partial charge in [-0.3, -0.25) is 4.79 Å². The van der Waals surface area contributed by atoms with Gasteiger partial charge in [0, 0.05) is 47.8 Å². The Morgan fingerprint density at radius 3 is 2.34 bits per heavy atom. The maximum Gasteiger partial charge on any atom is 0.191 e. The molecule has 0 aliphatic carbocycles. The zero-order valence-electron chi connectivity index (χ0n) is 17.8. The van der Waals surface area contributed by atoms with Crippen LogP contribution in [0.2, 0.25) is 0 Å². The number of benzene rings is 1. The quantitative estimate of drug-likeness (QED) is 0.407. The van der Waals surface area contributed by atoms with Crippen molar-refractivity contribution in [3.05, 3.63) is 47.3 Å². The van der Waals surface area contributed by atoms with Crippen molar-refractivity contribution in [3.8, 4) is 11.4 Å². The highest BCUT2D eigenvalue weighted by Crippen LogP contribution is 2.26. The summed E-state index contributed by atoms with van der Waals surface area (Å²) in [6.07, 6.45) is 0. The number of Topliss-reactive ketones (excluding diaryl/α,β-unsaturated/α-hetero) is 1. The summed E-state index contributed by atoms with van der Waals surface area (Å²) >= 11 is 1.44. The predicted octanol–water partition coefficient (Wildman–Crippen LogP) is 4.73. The third-order valence-corrected chi connectivity index (χ3v) is 6.04. The van der Waals surface area contributed by atoms with Gasteiger partial charge in [0.25, 0.3) is 0 Å². The van der Waals surface area contributed by atoms with Crippen LogP contribution in [0.15, 0.2) is 35.5 Å². The van der Waals surface area contributed by atoms with Crippen LogP contribution in [0.3, 0.4) is 0 Å². The van der Waals surface area contributed by atoms with Gasteiger partial charge in [0.1, 0.15) is 0 Å². The zero-order valence-corrected chi connectivity index (χ0v) is 18.6. The molecule has 6 nitrogen and oxygen atoms in total. The maximum absolute atomic E-state index is 12.6. The summed E-state index contributed by atoms with van der Waals surface area (Å²) in [5, 5.41) is 9.53. The highest BCUT2D eigenvalue weighted by Gasteiger charge is 2.17. The highest BCUT2D eigenvalue weighted by molar-refractivity contribution is 7.99. The molecule has 0 saturated heterocycles. The molecule has 1 N–H and O–H groups in total. The minimum absolute atomic E-state index is 0.104. The molecule has 0 amide bonds. The summed E-state index contributed by atoms with van der Waals surface area (Å²) in [6, 6.07) is 10.4. The van der Waals surface area contributed by atoms with Crippen LogP contribution in [0.1, 0.15) is 42.5 Å². The Hall–Kier alpha value is -2.54. The smallest absolute Gasteiger partial charge is 0.191 e. The normalized spacial score (nSPS) is 11.1. The Morgan fingerprint density at radius 2 is 1.79 bits per heavy atom. The van der Waals surface area contributed by atoms with E-state index in [9.17, 15) is 4.79 Å². The number of anilines is 1. The standard InChI is InChI=1S/C22H29N5OS/c1-6-26(7-2)18-11-9-17(10-12-18)21-24-25-22(27(21)8-3)29-14-20(28)19-13-15(4)23-16(19)5/h9-13,23H,6-8,14H2,1-5H3. The van der Waals surface area contributed by atoms with Crippen molar-refractivity contribution < 1.29 is 4.79 Å². The summed E-state index contributed by atoms with van der Waals surface area (Å²) in [5.41, 5.74) is 4.91. The summed E-state index contributed by atoms with van der Waals surface area (Å²) in [6.45, 7) is 13.0. The molecular formula is C22H29N5OS. The van der Waals surface area contributed by atoms with E-state index in [1.807, 2.05) is 19.9 Å². The Balaban J connectivity index is 1.76. The van der Waals surface area contributed by atoms with Crippen molar-refractivity contribution in [2.24, 2.45) is 0 Å². The number of hydrogen-bond donors (Lipinski definition) is 1. The van der Waals surface area contributed by atoms with Gasteiger partial charge < -0.3 is 14.5 Å². The third-order valence-electron chi connectivity index (χ3n) is 5.07. The molecule has 0 aliphatic rings. The van der Waals surface area contributed by atoms with Crippen molar-refractivity contribution in [1.82, 2.24) is 19.7 Å². The van der Waals surface area contributed by atoms with Crippen LogP contribution in [0.25, 0.3) is 11.4 Å². The average Bonchev–Trinajstić information content (AvgIpc) is 3.29. The fourth-order valence-corrected chi connectivity index (χ4v) is 4.41. The average molecular weight is 412 g/mol. The Morgan fingerprint density at radius 1 is 1.10 bits per heavy atom. The number of H-pyrrole nitrogens is 1. The van der Waals surface area contributed by atoms with E-state index in [1.54, 1.807) is 0 Å². The summed E-state index contributed by atoms with van der Waals surface area (Å²) in [5.74, 6) is 1.28. The lowest BCUT2D eigenvalue weighted by Gasteiger charge is -2.21. The van der Waals surface area contributed by atoms with Crippen LogP contribution in [-0.2, 0) is 6.54 Å². The summed E-state index contributed by atoms with van der Waals surface area (Å²) < 4.78 is 2.07. The van der Waals surface area contributed by atoms with Crippen LogP contribution < -0.4 is 4.90 Å². The summed E-state index contributed by atoms with van der Waals surface area (Å²) in [7, 11) is 0. The first kappa shape index (κ1) is 21.2. The van der Waals surface area contributed by atoms with Gasteiger partial charge >= 0.3 is 0 Å². The number of carbonyl (C=O) groups is 1. The molecule has 0 aliphatic heterocycles. The van der Waals surface area contributed by atoms with E-state index in [0.29, 0.717) is 5.75 Å². The molecule has 154 valence electrons. The van der Waals surface area contributed by atoms with Gasteiger partial charge in [-0.2, -0.15) is 0 Å². The third kappa shape index (κ3) is 4.56. The van der Waals surface area contributed by atoms with Crippen LogP contribution >= 0.6 is 11.8 Å². The van der Waals surface area contributed by atoms with Crippen LogP contribution in [0.4, 0.5) is 5.69 Å². The van der Waals surface area contributed by atoms with Crippen molar-refractivity contribution in [3.63, 3.8) is 0 Å². The monoisotopic (exact) mass is 411 g/mol. The second-order valence-electron chi connectivity index (χ2n) is 6.97. The second kappa shape index (κ2) is 9.31. The lowest BCUT2D eigenvalue weighted by Crippen LogP contribution is -2.21. The fourth-order valence-electron chi connectivity index (χ4n) is 3.53. The van der Waals surface area contributed by atoms with Gasteiger partial charge in [-0.25, -0.2) is 0 Å². The molecule has 0 atom stereocenters. The Bertz CT molecular complexity index is 970. The molecule has 2 aromatic heterocycles. The molecule has 3 aromatic rings. The summed E-state index contributed by atoms with van der Waals surface area (Å²) in [4.78, 5) is 18.1. The van der Waals surface area contributed by atoms with E-state index in [-0.39, 0.29) is 5.78 Å². The first-order chi connectivity index (χ1) is 14.0. The lowest BCUT2D eigenvalue weighted by atomic mass is 10.2. The van der Waals surface area contributed by atoms with Crippen LogP contribution in [-0.4, -0.2) is 44.4 Å². The SMILES string of the molecule is CCN(CC)c1ccc(-c2nnc(SCC(=O)c3cc(C)[nH]c3C)n2CC)cc1. The molecule has 1 aromatic carbocycles. The van der Waals surface area contributed by atoms with E-state index < -0.39 is 0 Å². The number of nitrogens with one attached hydrogen (secondary N) is 1. The van der Waals surface area contributed by atoms with Crippen LogP contribution in [0.5, 0.6) is 0 Å². The molecule has 0 fully saturated rings. The van der Waals surface area contributed by atoms with Gasteiger partial charge in [-0.15, -0.1) is 10.2 Å². The van der Waals surface area contributed by atoms with E-state index in [1.165, 1.54) is 17.4 Å². The topological polar surface area (TPSA) is 66.8 Å². The minimum atomic E-state index is 0.104. The zero-order chi connectivity index (χ0) is 21.0. The first-order valence-electron chi connectivity index (χ1n) is 10.1. The Labute approximate surface area is 176 Å². The number of aryl methyl sites for hydroxylation is 2. The fraction of sp³-hybridized carbons (Fsp3) is 0.409. The molecular weight excluding hydrogens is 382 g/mol. The largest absolute Gasteiger partial charge is 0.372 e. The van der Waals surface area contributed by atoms with E-state index in [2.05, 4.69) is 69.7 Å². The maximum atomic E-state index is 12.6. The number of thioether (sulfide) groups is 1. The molecule has 0 spiro atoms. The first-order valence-corrected chi connectivity index (χ1v) is 11.1. The number of nitrogens with zero attached hydrogens (tertiary/aromatic N) is 4. The Kier molecular flexibility index (Phi) is 6.79. The van der Waals surface area contributed by atoms with Crippen molar-refractivity contribution >= 4 is 23.2 Å². The van der Waals surface area contributed by atoms with Gasteiger partial charge in [-0.1, -0.05) is 11.8 Å². The second-order valence-corrected chi connectivity index (χ2v) is 7.91. The molecule has 0 saturated carbocycles. The van der Waals surface area contributed by atoms with Gasteiger partial charge in [-0.05, 0) is 65.0 Å². The number of rotatable bonds is 9. The molecule has 0 bridgehead atoms. The number of aromatic nitrogens is 4. The number of carbonyl (C=O) groups excluding carboxylic acids is 1. The number of hydrogen-bond acceptors (Lipinski definition) is 5. The van der Waals surface area contributed by atoms with Crippen molar-refractivity contribution in [2.45, 2.75) is 46.3 Å². The van der Waals surface area contributed by atoms with Gasteiger partial charge in [0.2, 0.25) is 0 Å². The van der Waals surface area contributed by atoms with Gasteiger partial charge in [0.15, 0.2) is 16.8 Å².